The summed E-state index contributed by atoms with van der Waals surface area (Å²) in [6, 6.07) is 14.3. The first-order valence-electron chi connectivity index (χ1n) is 9.45. The molecule has 0 radical (unpaired) electrons. The van der Waals surface area contributed by atoms with Gasteiger partial charge in [0.05, 0.1) is 10.8 Å². The fourth-order valence-electron chi connectivity index (χ4n) is 3.47. The first-order chi connectivity index (χ1) is 13.4. The SMILES string of the molecule is Cc1cccc(CCNC(=O)[C@H]2CCCN(S(=O)(=O)c3ccc(Cl)cc3)C2)c1. The van der Waals surface area contributed by atoms with E-state index in [0.29, 0.717) is 31.0 Å². The molecule has 0 aliphatic carbocycles. The Hall–Kier alpha value is -1.89. The summed E-state index contributed by atoms with van der Waals surface area (Å²) >= 11 is 5.85. The Morgan fingerprint density at radius 3 is 2.68 bits per heavy atom. The molecular formula is C21H25ClN2O3S. The number of carbonyl (C=O) groups is 1. The average Bonchev–Trinajstić information content (AvgIpc) is 2.68. The van der Waals surface area contributed by atoms with Gasteiger partial charge < -0.3 is 5.32 Å². The molecule has 1 aliphatic heterocycles. The number of hydrogen-bond acceptors (Lipinski definition) is 3. The first kappa shape index (κ1) is 20.8. The molecule has 1 saturated heterocycles. The van der Waals surface area contributed by atoms with Gasteiger partial charge >= 0.3 is 0 Å². The third-order valence-corrected chi connectivity index (χ3v) is 7.13. The Balaban J connectivity index is 1.57. The molecule has 0 spiro atoms. The summed E-state index contributed by atoms with van der Waals surface area (Å²) in [4.78, 5) is 12.8. The molecule has 28 heavy (non-hydrogen) atoms. The molecule has 2 aromatic carbocycles. The topological polar surface area (TPSA) is 66.5 Å². The lowest BCUT2D eigenvalue weighted by Crippen LogP contribution is -2.45. The van der Waals surface area contributed by atoms with Crippen molar-refractivity contribution in [3.8, 4) is 0 Å². The second kappa shape index (κ2) is 9.07. The summed E-state index contributed by atoms with van der Waals surface area (Å²) in [5.74, 6) is -0.406. The number of amides is 1. The predicted octanol–water partition coefficient (Wildman–Crippen LogP) is 3.41. The van der Waals surface area contributed by atoms with E-state index in [1.54, 1.807) is 12.1 Å². The van der Waals surface area contributed by atoms with Gasteiger partial charge in [0.15, 0.2) is 0 Å². The van der Waals surface area contributed by atoms with E-state index in [4.69, 9.17) is 11.6 Å². The molecular weight excluding hydrogens is 396 g/mol. The van der Waals surface area contributed by atoms with Gasteiger partial charge in [-0.1, -0.05) is 41.4 Å². The number of carbonyl (C=O) groups excluding carboxylic acids is 1. The van der Waals surface area contributed by atoms with Crippen molar-refractivity contribution in [2.75, 3.05) is 19.6 Å². The number of nitrogens with one attached hydrogen (secondary N) is 1. The van der Waals surface area contributed by atoms with E-state index < -0.39 is 10.0 Å². The molecule has 7 heteroatoms. The van der Waals surface area contributed by atoms with Crippen molar-refractivity contribution in [1.82, 2.24) is 9.62 Å². The van der Waals surface area contributed by atoms with E-state index in [0.717, 1.165) is 6.42 Å². The molecule has 2 aromatic rings. The van der Waals surface area contributed by atoms with Crippen molar-refractivity contribution < 1.29 is 13.2 Å². The Kier molecular flexibility index (Phi) is 6.75. The quantitative estimate of drug-likeness (QED) is 0.778. The summed E-state index contributed by atoms with van der Waals surface area (Å²) < 4.78 is 27.1. The van der Waals surface area contributed by atoms with Crippen molar-refractivity contribution in [2.24, 2.45) is 5.92 Å². The molecule has 1 atom stereocenters. The van der Waals surface area contributed by atoms with Gasteiger partial charge in [-0.2, -0.15) is 4.31 Å². The van der Waals surface area contributed by atoms with Crippen LogP contribution in [-0.4, -0.2) is 38.3 Å². The Morgan fingerprint density at radius 1 is 1.21 bits per heavy atom. The molecule has 0 saturated carbocycles. The zero-order chi connectivity index (χ0) is 20.1. The molecule has 1 amide bonds. The third-order valence-electron chi connectivity index (χ3n) is 5.00. The van der Waals surface area contributed by atoms with Gasteiger partial charge in [-0.15, -0.1) is 0 Å². The van der Waals surface area contributed by atoms with E-state index in [-0.39, 0.29) is 23.3 Å². The molecule has 1 heterocycles. The lowest BCUT2D eigenvalue weighted by Gasteiger charge is -2.31. The summed E-state index contributed by atoms with van der Waals surface area (Å²) in [6.45, 7) is 3.22. The zero-order valence-electron chi connectivity index (χ0n) is 15.9. The molecule has 0 bridgehead atoms. The number of rotatable bonds is 6. The highest BCUT2D eigenvalue weighted by Gasteiger charge is 2.33. The van der Waals surface area contributed by atoms with Crippen LogP contribution in [0.2, 0.25) is 5.02 Å². The number of piperidine rings is 1. The average molecular weight is 421 g/mol. The van der Waals surface area contributed by atoms with Crippen LogP contribution in [0.25, 0.3) is 0 Å². The van der Waals surface area contributed by atoms with Crippen LogP contribution in [0.3, 0.4) is 0 Å². The second-order valence-electron chi connectivity index (χ2n) is 7.19. The minimum absolute atomic E-state index is 0.0799. The van der Waals surface area contributed by atoms with E-state index in [1.807, 2.05) is 25.1 Å². The summed E-state index contributed by atoms with van der Waals surface area (Å²) in [5.41, 5.74) is 2.37. The van der Waals surface area contributed by atoms with Gasteiger partial charge in [0, 0.05) is 24.7 Å². The predicted molar refractivity (Wildman–Crippen MR) is 111 cm³/mol. The van der Waals surface area contributed by atoms with Crippen molar-refractivity contribution in [1.29, 1.82) is 0 Å². The maximum Gasteiger partial charge on any atom is 0.243 e. The second-order valence-corrected chi connectivity index (χ2v) is 9.56. The van der Waals surface area contributed by atoms with Crippen molar-refractivity contribution in [3.63, 3.8) is 0 Å². The van der Waals surface area contributed by atoms with Gasteiger partial charge in [0.1, 0.15) is 0 Å². The van der Waals surface area contributed by atoms with E-state index in [2.05, 4.69) is 11.4 Å². The minimum Gasteiger partial charge on any atom is -0.355 e. The van der Waals surface area contributed by atoms with Crippen LogP contribution >= 0.6 is 11.6 Å². The number of aryl methyl sites for hydroxylation is 1. The van der Waals surface area contributed by atoms with Gasteiger partial charge in [-0.05, 0) is 56.0 Å². The van der Waals surface area contributed by atoms with Gasteiger partial charge in [0.25, 0.3) is 0 Å². The van der Waals surface area contributed by atoms with Gasteiger partial charge in [-0.3, -0.25) is 4.79 Å². The highest BCUT2D eigenvalue weighted by atomic mass is 35.5. The van der Waals surface area contributed by atoms with Crippen LogP contribution in [0.15, 0.2) is 53.4 Å². The fourth-order valence-corrected chi connectivity index (χ4v) is 5.12. The molecule has 0 unspecified atom stereocenters. The summed E-state index contributed by atoms with van der Waals surface area (Å²) in [6.07, 6.45) is 2.12. The molecule has 1 N–H and O–H groups in total. The Bertz CT molecular complexity index is 929. The van der Waals surface area contributed by atoms with Crippen LogP contribution in [0.5, 0.6) is 0 Å². The Labute approximate surface area is 171 Å². The summed E-state index contributed by atoms with van der Waals surface area (Å²) in [7, 11) is -3.62. The number of hydrogen-bond donors (Lipinski definition) is 1. The van der Waals surface area contributed by atoms with Crippen LogP contribution in [0, 0.1) is 12.8 Å². The van der Waals surface area contributed by atoms with Crippen molar-refractivity contribution in [2.45, 2.75) is 31.1 Å². The van der Waals surface area contributed by atoms with Crippen LogP contribution in [-0.2, 0) is 21.2 Å². The van der Waals surface area contributed by atoms with Crippen molar-refractivity contribution >= 4 is 27.5 Å². The highest BCUT2D eigenvalue weighted by molar-refractivity contribution is 7.89. The zero-order valence-corrected chi connectivity index (χ0v) is 17.5. The molecule has 1 aliphatic rings. The fraction of sp³-hybridized carbons (Fsp3) is 0.381. The molecule has 150 valence electrons. The lowest BCUT2D eigenvalue weighted by molar-refractivity contribution is -0.126. The molecule has 0 aromatic heterocycles. The number of halogens is 1. The number of sulfonamides is 1. The molecule has 1 fully saturated rings. The monoisotopic (exact) mass is 420 g/mol. The number of nitrogens with zero attached hydrogens (tertiary/aromatic N) is 1. The molecule has 5 nitrogen and oxygen atoms in total. The van der Waals surface area contributed by atoms with E-state index in [1.165, 1.54) is 27.6 Å². The Morgan fingerprint density at radius 2 is 1.96 bits per heavy atom. The van der Waals surface area contributed by atoms with Gasteiger partial charge in [-0.25, -0.2) is 8.42 Å². The normalized spacial score (nSPS) is 18.0. The maximum absolute atomic E-state index is 12.8. The summed E-state index contributed by atoms with van der Waals surface area (Å²) in [5, 5.41) is 3.45. The van der Waals surface area contributed by atoms with E-state index in [9.17, 15) is 13.2 Å². The van der Waals surface area contributed by atoms with Gasteiger partial charge in [0.2, 0.25) is 15.9 Å². The third kappa shape index (κ3) is 5.13. The van der Waals surface area contributed by atoms with Crippen molar-refractivity contribution in [3.05, 3.63) is 64.7 Å². The first-order valence-corrected chi connectivity index (χ1v) is 11.3. The van der Waals surface area contributed by atoms with E-state index >= 15 is 0 Å². The lowest BCUT2D eigenvalue weighted by atomic mass is 9.98. The van der Waals surface area contributed by atoms with Crippen LogP contribution < -0.4 is 5.32 Å². The largest absolute Gasteiger partial charge is 0.355 e. The molecule has 3 rings (SSSR count). The number of benzene rings is 2. The smallest absolute Gasteiger partial charge is 0.243 e. The van der Waals surface area contributed by atoms with Crippen LogP contribution in [0.4, 0.5) is 0 Å². The minimum atomic E-state index is -3.62. The maximum atomic E-state index is 12.8. The standard InChI is InChI=1S/C21H25ClN2O3S/c1-16-4-2-5-17(14-16)11-12-23-21(25)18-6-3-13-24(15-18)28(26,27)20-9-7-19(22)8-10-20/h2,4-5,7-10,14,18H,3,6,11-13,15H2,1H3,(H,23,25)/t18-/m0/s1. The van der Waals surface area contributed by atoms with Crippen LogP contribution in [0.1, 0.15) is 24.0 Å². The highest BCUT2D eigenvalue weighted by Crippen LogP contribution is 2.24.